The van der Waals surface area contributed by atoms with Gasteiger partial charge in [-0.25, -0.2) is 0 Å². The van der Waals surface area contributed by atoms with Crippen LogP contribution in [-0.2, 0) is 0 Å². The summed E-state index contributed by atoms with van der Waals surface area (Å²) in [5.41, 5.74) is 3.55. The number of benzene rings is 2. The highest BCUT2D eigenvalue weighted by atomic mass is 16.5. The van der Waals surface area contributed by atoms with Crippen molar-refractivity contribution in [2.45, 2.75) is 13.3 Å². The van der Waals surface area contributed by atoms with E-state index in [1.165, 1.54) is 11.1 Å². The highest BCUT2D eigenvalue weighted by molar-refractivity contribution is 5.75. The first-order chi connectivity index (χ1) is 9.29. The molecule has 0 amide bonds. The monoisotopic (exact) mass is 251 g/mol. The first-order valence-electron chi connectivity index (χ1n) is 6.63. The molecule has 3 rings (SSSR count). The fraction of sp³-hybridized carbons (Fsp3) is 0.176. The predicted octanol–water partition coefficient (Wildman–Crippen LogP) is 4.43. The Labute approximate surface area is 113 Å². The Kier molecular flexibility index (Phi) is 3.00. The molecule has 0 bridgehead atoms. The van der Waals surface area contributed by atoms with Crippen molar-refractivity contribution >= 4 is 5.69 Å². The van der Waals surface area contributed by atoms with Gasteiger partial charge in [0.2, 0.25) is 0 Å². The van der Waals surface area contributed by atoms with Gasteiger partial charge in [0.05, 0.1) is 5.69 Å². The largest absolute Gasteiger partial charge is 0.439 e. The van der Waals surface area contributed by atoms with E-state index < -0.39 is 0 Å². The molecular formula is C17H17NO. The third-order valence-electron chi connectivity index (χ3n) is 3.33. The zero-order chi connectivity index (χ0) is 13.2. The van der Waals surface area contributed by atoms with E-state index in [4.69, 9.17) is 4.74 Å². The Morgan fingerprint density at radius 3 is 2.58 bits per heavy atom. The summed E-state index contributed by atoms with van der Waals surface area (Å²) in [6.07, 6.45) is 1.07. The van der Waals surface area contributed by atoms with Crippen LogP contribution in [0.3, 0.4) is 0 Å². The molecule has 2 aromatic rings. The van der Waals surface area contributed by atoms with Crippen molar-refractivity contribution in [1.82, 2.24) is 0 Å². The van der Waals surface area contributed by atoms with E-state index in [1.807, 2.05) is 12.1 Å². The second kappa shape index (κ2) is 4.81. The van der Waals surface area contributed by atoms with Gasteiger partial charge in [0.15, 0.2) is 11.6 Å². The molecule has 1 aliphatic rings. The highest BCUT2D eigenvalue weighted by Crippen LogP contribution is 2.40. The van der Waals surface area contributed by atoms with Gasteiger partial charge in [0.1, 0.15) is 0 Å². The second-order valence-corrected chi connectivity index (χ2v) is 4.70. The molecule has 0 atom stereocenters. The van der Waals surface area contributed by atoms with E-state index in [0.29, 0.717) is 0 Å². The predicted molar refractivity (Wildman–Crippen MR) is 79.3 cm³/mol. The summed E-state index contributed by atoms with van der Waals surface area (Å²) in [5.74, 6) is 1.63. The van der Waals surface area contributed by atoms with Gasteiger partial charge < -0.3 is 9.64 Å². The van der Waals surface area contributed by atoms with Gasteiger partial charge in [-0.2, -0.15) is 0 Å². The van der Waals surface area contributed by atoms with Gasteiger partial charge in [-0.05, 0) is 36.3 Å². The summed E-state index contributed by atoms with van der Waals surface area (Å²) >= 11 is 0. The molecule has 19 heavy (non-hydrogen) atoms. The van der Waals surface area contributed by atoms with Crippen LogP contribution in [0.1, 0.15) is 13.3 Å². The lowest BCUT2D eigenvalue weighted by atomic mass is 10.0. The molecule has 0 spiro atoms. The average Bonchev–Trinajstić information content (AvgIpc) is 2.76. The average molecular weight is 251 g/mol. The Hall–Kier alpha value is -2.22. The van der Waals surface area contributed by atoms with Crippen LogP contribution < -0.4 is 9.64 Å². The van der Waals surface area contributed by atoms with Crippen molar-refractivity contribution in [3.8, 4) is 16.9 Å². The zero-order valence-electron chi connectivity index (χ0n) is 11.1. The summed E-state index contributed by atoms with van der Waals surface area (Å²) in [6, 6.07) is 16.7. The van der Waals surface area contributed by atoms with Gasteiger partial charge in [-0.1, -0.05) is 43.3 Å². The number of hydrogen-bond donors (Lipinski definition) is 0. The van der Waals surface area contributed by atoms with Crippen LogP contribution in [0.15, 0.2) is 61.0 Å². The van der Waals surface area contributed by atoms with Crippen LogP contribution >= 0.6 is 0 Å². The first-order valence-corrected chi connectivity index (χ1v) is 6.63. The van der Waals surface area contributed by atoms with E-state index in [2.05, 4.69) is 54.8 Å². The minimum atomic E-state index is 0.724. The number of fused-ring (bicyclic) bond motifs is 1. The lowest BCUT2D eigenvalue weighted by Gasteiger charge is -2.16. The third-order valence-corrected chi connectivity index (χ3v) is 3.33. The summed E-state index contributed by atoms with van der Waals surface area (Å²) < 4.78 is 5.69. The molecular weight excluding hydrogens is 234 g/mol. The Morgan fingerprint density at radius 1 is 1.05 bits per heavy atom. The van der Waals surface area contributed by atoms with Crippen molar-refractivity contribution in [2.75, 3.05) is 11.4 Å². The minimum Gasteiger partial charge on any atom is -0.439 e. The summed E-state index contributed by atoms with van der Waals surface area (Å²) in [6.45, 7) is 7.07. The molecule has 2 nitrogen and oxygen atoms in total. The van der Waals surface area contributed by atoms with E-state index >= 15 is 0 Å². The highest BCUT2D eigenvalue weighted by Gasteiger charge is 2.24. The summed E-state index contributed by atoms with van der Waals surface area (Å²) in [5, 5.41) is 0. The van der Waals surface area contributed by atoms with Crippen molar-refractivity contribution < 1.29 is 4.74 Å². The lowest BCUT2D eigenvalue weighted by molar-refractivity contribution is 0.441. The van der Waals surface area contributed by atoms with Crippen LogP contribution in [0.25, 0.3) is 11.1 Å². The van der Waals surface area contributed by atoms with Crippen molar-refractivity contribution in [3.05, 3.63) is 61.0 Å². The van der Waals surface area contributed by atoms with Gasteiger partial charge in [0, 0.05) is 6.54 Å². The molecule has 0 radical (unpaired) electrons. The SMILES string of the molecule is C=C1Oc2ccc(-c3ccccc3)cc2N1CCC. The number of rotatable bonds is 3. The quantitative estimate of drug-likeness (QED) is 0.800. The number of anilines is 1. The van der Waals surface area contributed by atoms with E-state index in [0.717, 1.165) is 30.3 Å². The summed E-state index contributed by atoms with van der Waals surface area (Å²) in [4.78, 5) is 2.14. The van der Waals surface area contributed by atoms with Crippen molar-refractivity contribution in [2.24, 2.45) is 0 Å². The van der Waals surface area contributed by atoms with Crippen LogP contribution in [0.4, 0.5) is 5.69 Å². The normalized spacial score (nSPS) is 13.3. The molecule has 96 valence electrons. The van der Waals surface area contributed by atoms with Gasteiger partial charge in [-0.15, -0.1) is 0 Å². The van der Waals surface area contributed by atoms with Crippen LogP contribution in [-0.4, -0.2) is 6.54 Å². The maximum atomic E-state index is 5.69. The molecule has 2 heteroatoms. The van der Waals surface area contributed by atoms with Crippen molar-refractivity contribution in [3.63, 3.8) is 0 Å². The maximum Gasteiger partial charge on any atom is 0.193 e. The minimum absolute atomic E-state index is 0.724. The molecule has 0 unspecified atom stereocenters. The van der Waals surface area contributed by atoms with E-state index in [1.54, 1.807) is 0 Å². The maximum absolute atomic E-state index is 5.69. The zero-order valence-corrected chi connectivity index (χ0v) is 11.1. The molecule has 0 saturated carbocycles. The molecule has 2 aromatic carbocycles. The molecule has 1 aliphatic heterocycles. The lowest BCUT2D eigenvalue weighted by Crippen LogP contribution is -2.19. The molecule has 0 N–H and O–H groups in total. The van der Waals surface area contributed by atoms with Gasteiger partial charge in [-0.3, -0.25) is 0 Å². The molecule has 1 heterocycles. The summed E-state index contributed by atoms with van der Waals surface area (Å²) in [7, 11) is 0. The van der Waals surface area contributed by atoms with Crippen LogP contribution in [0.2, 0.25) is 0 Å². The Morgan fingerprint density at radius 2 is 1.84 bits per heavy atom. The molecule has 0 aromatic heterocycles. The van der Waals surface area contributed by atoms with Gasteiger partial charge in [0.25, 0.3) is 0 Å². The van der Waals surface area contributed by atoms with Crippen molar-refractivity contribution in [1.29, 1.82) is 0 Å². The standard InChI is InChI=1S/C17H17NO/c1-3-11-18-13(2)19-17-10-9-15(12-16(17)18)14-7-5-4-6-8-14/h4-10,12H,2-3,11H2,1H3. The smallest absolute Gasteiger partial charge is 0.193 e. The van der Waals surface area contributed by atoms with E-state index in [-0.39, 0.29) is 0 Å². The van der Waals surface area contributed by atoms with Gasteiger partial charge >= 0.3 is 0 Å². The Balaban J connectivity index is 2.02. The molecule has 0 aliphatic carbocycles. The first kappa shape index (κ1) is 11.8. The third kappa shape index (κ3) is 2.10. The fourth-order valence-electron chi connectivity index (χ4n) is 2.41. The molecule has 0 saturated heterocycles. The van der Waals surface area contributed by atoms with E-state index in [9.17, 15) is 0 Å². The second-order valence-electron chi connectivity index (χ2n) is 4.70. The molecule has 0 fully saturated rings. The number of nitrogens with zero attached hydrogens (tertiary/aromatic N) is 1. The van der Waals surface area contributed by atoms with Crippen LogP contribution in [0.5, 0.6) is 5.75 Å². The number of hydrogen-bond acceptors (Lipinski definition) is 2. The Bertz CT molecular complexity index is 604. The number of ether oxygens (including phenoxy) is 1. The fourth-order valence-corrected chi connectivity index (χ4v) is 2.41. The van der Waals surface area contributed by atoms with Crippen LogP contribution in [0, 0.1) is 0 Å². The topological polar surface area (TPSA) is 12.5 Å².